The second-order valence-corrected chi connectivity index (χ2v) is 34.6. The van der Waals surface area contributed by atoms with Crippen LogP contribution in [0, 0.1) is 29.2 Å². The van der Waals surface area contributed by atoms with E-state index in [4.69, 9.17) is 18.9 Å². The number of methoxy groups -OCH3 is 3. The van der Waals surface area contributed by atoms with Crippen molar-refractivity contribution >= 4 is 123 Å². The summed E-state index contributed by atoms with van der Waals surface area (Å²) in [5.41, 5.74) is -2.01. The molecule has 570 valence electrons. The average Bonchev–Trinajstić information content (AvgIpc) is 1.65. The maximum atomic E-state index is 13.8. The average molecular weight is 1570 g/mol. The molecule has 0 unspecified atom stereocenters. The molecule has 104 heavy (non-hydrogen) atoms. The zero-order valence-corrected chi connectivity index (χ0v) is 67.6. The fourth-order valence-electron chi connectivity index (χ4n) is 13.1. The van der Waals surface area contributed by atoms with Crippen LogP contribution in [0.2, 0.25) is 13.6 Å². The fourth-order valence-corrected chi connectivity index (χ4v) is 17.1. The van der Waals surface area contributed by atoms with Crippen LogP contribution in [-0.2, 0) is 90.8 Å². The molecule has 4 heterocycles. The molecule has 26 heteroatoms. The van der Waals surface area contributed by atoms with E-state index in [-0.39, 0.29) is 92.1 Å². The van der Waals surface area contributed by atoms with E-state index in [0.29, 0.717) is 50.7 Å². The van der Waals surface area contributed by atoms with Crippen molar-refractivity contribution in [1.82, 2.24) is 19.4 Å². The molecule has 10 rings (SSSR count). The number of rotatable bonds is 17. The maximum Gasteiger partial charge on any atom is 0.377 e. The number of β-amino-alcohol motifs (C(OH)–C–C–N with tert-alkyl or cyclic N) is 1. The van der Waals surface area contributed by atoms with Crippen LogP contribution in [0.4, 0.5) is 0 Å². The van der Waals surface area contributed by atoms with Crippen molar-refractivity contribution in [1.29, 1.82) is 0 Å². The second-order valence-electron chi connectivity index (χ2n) is 30.6. The van der Waals surface area contributed by atoms with Crippen LogP contribution in [-0.4, -0.2) is 189 Å². The minimum Gasteiger partial charge on any atom is -0.492 e. The van der Waals surface area contributed by atoms with Crippen molar-refractivity contribution in [2.75, 3.05) is 47.5 Å². The number of nitrogens with zero attached hydrogens (tertiary/aromatic N) is 4. The van der Waals surface area contributed by atoms with Crippen LogP contribution in [0.25, 0.3) is 32.3 Å². The zero-order valence-electron chi connectivity index (χ0n) is 63.0. The van der Waals surface area contributed by atoms with Gasteiger partial charge in [-0.3, -0.25) is 28.8 Å². The van der Waals surface area contributed by atoms with Gasteiger partial charge >= 0.3 is 43.9 Å². The van der Waals surface area contributed by atoms with E-state index < -0.39 is 78.6 Å². The Morgan fingerprint density at radius 3 is 1.21 bits per heavy atom. The summed E-state index contributed by atoms with van der Waals surface area (Å²) in [6.07, 6.45) is 1.86. The predicted molar refractivity (Wildman–Crippen MR) is 408 cm³/mol. The summed E-state index contributed by atoms with van der Waals surface area (Å²) in [7, 11) is 2.65. The monoisotopic (exact) mass is 1570 g/mol. The van der Waals surface area contributed by atoms with Gasteiger partial charge in [-0.1, -0.05) is 151 Å². The van der Waals surface area contributed by atoms with Gasteiger partial charge in [-0.25, -0.2) is 11.3 Å². The minimum atomic E-state index is -0.735. The molecule has 9 atom stereocenters. The molecule has 4 aliphatic heterocycles. The van der Waals surface area contributed by atoms with Crippen molar-refractivity contribution < 1.29 is 106 Å². The number of carbonyl (C=O) groups is 7. The molecule has 0 saturated carbocycles. The third-order valence-corrected chi connectivity index (χ3v) is 22.1. The second kappa shape index (κ2) is 39.5. The molecule has 6 aromatic carbocycles. The van der Waals surface area contributed by atoms with E-state index in [1.807, 2.05) is 141 Å². The molecule has 19 nitrogen and oxygen atoms in total. The number of esters is 5. The van der Waals surface area contributed by atoms with Crippen molar-refractivity contribution in [3.05, 3.63) is 134 Å². The van der Waals surface area contributed by atoms with E-state index in [1.165, 1.54) is 57.5 Å². The first-order chi connectivity index (χ1) is 47.9. The summed E-state index contributed by atoms with van der Waals surface area (Å²) >= 11 is 5.28. The molecule has 0 aliphatic carbocycles. The molecule has 0 aromatic heterocycles. The Kier molecular flexibility index (Phi) is 33.8. The summed E-state index contributed by atoms with van der Waals surface area (Å²) in [5.74, 6) is -3.07. The van der Waals surface area contributed by atoms with E-state index in [9.17, 15) is 48.7 Å². The van der Waals surface area contributed by atoms with Gasteiger partial charge in [-0.2, -0.15) is 0 Å². The van der Waals surface area contributed by atoms with Crippen molar-refractivity contribution in [2.45, 2.75) is 201 Å². The number of carbonyl (C=O) groups excluding carboxylic acids is 7. The van der Waals surface area contributed by atoms with Crippen molar-refractivity contribution in [3.63, 3.8) is 0 Å². The summed E-state index contributed by atoms with van der Waals surface area (Å²) in [4.78, 5) is 98.5. The number of thioether (sulfide) groups is 3. The molecule has 2 amide bonds. The van der Waals surface area contributed by atoms with Gasteiger partial charge < -0.3 is 58.3 Å². The molecule has 4 aliphatic rings. The third-order valence-electron chi connectivity index (χ3n) is 18.2. The standard InChI is InChI=1S/C28H37NO5S.C26H34NO3S.C17H20BNO3S.C7H14BNO4.2Co/c1-27(2,3)21(16-24(30)34-28(4,5)6)25(31)29-17-19(15-22(29)26(32)33-7)35-23-14-10-12-18-11-8-9-13-20(18)23;1-25(2,3)21(16-23(28)30-26(4,5)6)24(29)27-15-14-19(17-27)31-22-13-9-11-18-10-7-8-12-20(18)22;1-18(21)19-11-13(10-15(19)17(20)22-2)23-16-9-5-7-12-6-3-4-8-14(12)16;1-8(12)9-4-5(10)3-6(9)7(11)13-2;;/h8-14,19,21-22H,15-17H2,1-7H3;7-13,15,19,21H,14,16-17H2,1-6H3;3-9,13,15,21H,10-11H2,1-2H3;5-6,10,12H,3-4H2,1-2H3;;/q;-1;;;;/t19-,21-,22+;19-,21-;13-,15+;5-,6-;;/m1110../s1. The van der Waals surface area contributed by atoms with Gasteiger partial charge in [0.25, 0.3) is 0 Å². The van der Waals surface area contributed by atoms with Gasteiger partial charge in [0.2, 0.25) is 5.91 Å². The van der Waals surface area contributed by atoms with Crippen molar-refractivity contribution in [3.8, 4) is 0 Å². The Labute approximate surface area is 649 Å². The first kappa shape index (κ1) is 89.0. The number of amides is 2. The van der Waals surface area contributed by atoms with Gasteiger partial charge in [-0.05, 0) is 141 Å². The van der Waals surface area contributed by atoms with Crippen LogP contribution in [0.1, 0.15) is 122 Å². The van der Waals surface area contributed by atoms with Gasteiger partial charge in [-0.15, -0.1) is 41.7 Å². The van der Waals surface area contributed by atoms with E-state index >= 15 is 0 Å². The summed E-state index contributed by atoms with van der Waals surface area (Å²) in [6, 6.07) is 42.1. The topological polar surface area (TPSA) is 239 Å². The van der Waals surface area contributed by atoms with Crippen LogP contribution in [0.5, 0.6) is 0 Å². The molecule has 2 radical (unpaired) electrons. The Hall–Kier alpha value is -5.62. The molecular weight excluding hydrogens is 1470 g/mol. The third kappa shape index (κ3) is 25.2. The Bertz CT molecular complexity index is 3850. The molecular formula is C78H105B2Co2N4O15S3-. The molecule has 4 fully saturated rings. The number of aliphatic hydroxyl groups excluding tert-OH is 1. The SMILES string of the molecule is CC(C)(C)OC(=O)C[C@H](C(=O)N1[CH-]C[C@@H](Sc2cccc3ccccc23)C1)C(C)(C)C.COC(=O)[C@@H]1C[C@@H](Sc2cccc3ccccc23)CN1B(C)O.COC(=O)[C@@H]1C[C@@H](Sc2cccc3ccccc23)CN1C(=O)[C@@H](CC(=O)OC(C)(C)C)C(C)(C)C.COC(=O)[C@@H]1C[C@H](O)CN1B(C)O.[Co].[Co]. The Morgan fingerprint density at radius 1 is 0.471 bits per heavy atom. The van der Waals surface area contributed by atoms with Crippen molar-refractivity contribution in [2.24, 2.45) is 22.7 Å². The number of benzene rings is 6. The van der Waals surface area contributed by atoms with Crippen LogP contribution in [0.3, 0.4) is 0 Å². The first-order valence-corrected chi connectivity index (χ1v) is 37.6. The van der Waals surface area contributed by atoms with Gasteiger partial charge in [0.15, 0.2) is 5.91 Å². The number of likely N-dealkylation sites (tertiary alicyclic amines) is 2. The van der Waals surface area contributed by atoms with Gasteiger partial charge in [0.1, 0.15) is 29.3 Å². The number of fused-ring (bicyclic) bond motifs is 3. The molecule has 0 bridgehead atoms. The summed E-state index contributed by atoms with van der Waals surface area (Å²) in [5, 5.41) is 36.3. The number of hydrogen-bond donors (Lipinski definition) is 3. The normalized spacial score (nSPS) is 20.4. The predicted octanol–water partition coefficient (Wildman–Crippen LogP) is 12.9. The van der Waals surface area contributed by atoms with Gasteiger partial charge in [0.05, 0.1) is 52.1 Å². The maximum absolute atomic E-state index is 13.8. The molecule has 6 aromatic rings. The number of ether oxygens (including phenoxy) is 5. The quantitative estimate of drug-likeness (QED) is 0.0333. The Balaban J connectivity index is 0.000000259. The first-order valence-electron chi connectivity index (χ1n) is 35.0. The summed E-state index contributed by atoms with van der Waals surface area (Å²) < 4.78 is 25.5. The van der Waals surface area contributed by atoms with E-state index in [0.717, 1.165) is 22.1 Å². The zero-order chi connectivity index (χ0) is 75.2. The van der Waals surface area contributed by atoms with Crippen LogP contribution < -0.4 is 0 Å². The smallest absolute Gasteiger partial charge is 0.377 e. The fraction of sp³-hybridized carbons (Fsp3) is 0.513. The van der Waals surface area contributed by atoms with E-state index in [1.54, 1.807) is 42.1 Å². The van der Waals surface area contributed by atoms with Crippen LogP contribution >= 0.6 is 35.3 Å². The Morgan fingerprint density at radius 2 is 0.817 bits per heavy atom. The molecule has 4 saturated heterocycles. The molecule has 3 N–H and O–H groups in total. The minimum absolute atomic E-state index is 0. The largest absolute Gasteiger partial charge is 0.492 e. The van der Waals surface area contributed by atoms with E-state index in [2.05, 4.69) is 102 Å². The van der Waals surface area contributed by atoms with Crippen LogP contribution in [0.15, 0.2) is 142 Å². The number of aliphatic hydroxyl groups is 1. The van der Waals surface area contributed by atoms with Gasteiger partial charge in [0, 0.05) is 84.9 Å². The molecule has 0 spiro atoms. The number of hydrogen-bond acceptors (Lipinski definition) is 20. The summed E-state index contributed by atoms with van der Waals surface area (Å²) in [6.45, 7) is 30.1.